The second-order valence-electron chi connectivity index (χ2n) is 5.09. The van der Waals surface area contributed by atoms with Gasteiger partial charge in [0.1, 0.15) is 0 Å². The minimum Gasteiger partial charge on any atom is -0.326 e. The molecule has 0 spiro atoms. The monoisotopic (exact) mass is 267 g/mol. The van der Waals surface area contributed by atoms with E-state index in [-0.39, 0.29) is 5.91 Å². The van der Waals surface area contributed by atoms with Crippen molar-refractivity contribution in [3.05, 3.63) is 30.3 Å². The van der Waals surface area contributed by atoms with Gasteiger partial charge in [-0.15, -0.1) is 0 Å². The van der Waals surface area contributed by atoms with Crippen molar-refractivity contribution >= 4 is 32.3 Å². The first kappa shape index (κ1) is 14.3. The number of benzene rings is 1. The molecule has 94 valence electrons. The smallest absolute Gasteiger partial charge is 0.224 e. The first-order valence-electron chi connectivity index (χ1n) is 5.99. The van der Waals surface area contributed by atoms with Crippen molar-refractivity contribution in [1.82, 2.24) is 0 Å². The van der Waals surface area contributed by atoms with Crippen LogP contribution in [0.25, 0.3) is 0 Å². The molecule has 2 nitrogen and oxygen atoms in total. The van der Waals surface area contributed by atoms with Gasteiger partial charge in [0, 0.05) is 12.1 Å². The van der Waals surface area contributed by atoms with Crippen LogP contribution >= 0.6 is 12.6 Å². The number of rotatable bonds is 6. The van der Waals surface area contributed by atoms with E-state index >= 15 is 0 Å². The normalized spacial score (nSPS) is 11.2. The molecule has 0 fully saturated rings. The number of amides is 1. The molecule has 0 saturated heterocycles. The molecule has 1 amide bonds. The lowest BCUT2D eigenvalue weighted by molar-refractivity contribution is -0.116. The van der Waals surface area contributed by atoms with E-state index in [1.54, 1.807) is 0 Å². The fraction of sp³-hybridized carbons (Fsp3) is 0.462. The molecule has 0 aliphatic rings. The first-order chi connectivity index (χ1) is 8.03. The molecule has 0 aromatic heterocycles. The highest BCUT2D eigenvalue weighted by Gasteiger charge is 2.18. The summed E-state index contributed by atoms with van der Waals surface area (Å²) >= 11 is 4.37. The van der Waals surface area contributed by atoms with Crippen LogP contribution in [0.4, 0.5) is 5.69 Å². The number of carbonyl (C=O) groups is 1. The Morgan fingerprint density at radius 3 is 2.53 bits per heavy atom. The van der Waals surface area contributed by atoms with Gasteiger partial charge in [-0.25, -0.2) is 0 Å². The van der Waals surface area contributed by atoms with E-state index in [1.165, 1.54) is 6.04 Å². The van der Waals surface area contributed by atoms with Gasteiger partial charge in [-0.1, -0.05) is 37.3 Å². The average molecular weight is 267 g/mol. The summed E-state index contributed by atoms with van der Waals surface area (Å²) in [5.74, 6) is 0.111. The van der Waals surface area contributed by atoms with Crippen LogP contribution in [0.1, 0.15) is 12.8 Å². The van der Waals surface area contributed by atoms with Crippen LogP contribution in [-0.2, 0) is 4.79 Å². The first-order valence-corrected chi connectivity index (χ1v) is 10.0. The van der Waals surface area contributed by atoms with Gasteiger partial charge >= 0.3 is 0 Å². The fourth-order valence-electron chi connectivity index (χ4n) is 1.55. The van der Waals surface area contributed by atoms with Gasteiger partial charge in [-0.2, -0.15) is 12.6 Å². The Labute approximate surface area is 110 Å². The molecule has 0 saturated carbocycles. The van der Waals surface area contributed by atoms with E-state index in [2.05, 4.69) is 31.0 Å². The highest BCUT2D eigenvalue weighted by molar-refractivity contribution is 7.82. The van der Waals surface area contributed by atoms with Gasteiger partial charge < -0.3 is 5.32 Å². The van der Waals surface area contributed by atoms with Gasteiger partial charge in [0.05, 0.1) is 8.07 Å². The zero-order chi connectivity index (χ0) is 12.7. The van der Waals surface area contributed by atoms with E-state index in [0.29, 0.717) is 6.42 Å². The lowest BCUT2D eigenvalue weighted by atomic mass is 10.3. The number of carbonyl (C=O) groups excluding carboxylic acids is 1. The third kappa shape index (κ3) is 5.93. The number of anilines is 1. The van der Waals surface area contributed by atoms with Gasteiger partial charge in [-0.3, -0.25) is 4.79 Å². The van der Waals surface area contributed by atoms with E-state index in [0.717, 1.165) is 17.5 Å². The second-order valence-corrected chi connectivity index (χ2v) is 11.2. The molecule has 1 aromatic rings. The van der Waals surface area contributed by atoms with Crippen molar-refractivity contribution in [3.8, 4) is 0 Å². The van der Waals surface area contributed by atoms with E-state index in [9.17, 15) is 4.79 Å². The Bertz CT molecular complexity index is 354. The summed E-state index contributed by atoms with van der Waals surface area (Å²) in [7, 11) is -1.15. The zero-order valence-corrected chi connectivity index (χ0v) is 12.5. The molecule has 0 aliphatic heterocycles. The van der Waals surface area contributed by atoms with Gasteiger partial charge in [-0.05, 0) is 23.9 Å². The highest BCUT2D eigenvalue weighted by Crippen LogP contribution is 2.15. The highest BCUT2D eigenvalue weighted by atomic mass is 32.1. The van der Waals surface area contributed by atoms with Crippen molar-refractivity contribution < 1.29 is 4.79 Å². The molecular formula is C13H21NOSSi. The molecule has 0 radical (unpaired) electrons. The molecule has 1 N–H and O–H groups in total. The quantitative estimate of drug-likeness (QED) is 0.598. The molecular weight excluding hydrogens is 246 g/mol. The Hall–Kier alpha value is -0.743. The Kier molecular flexibility index (Phi) is 5.78. The van der Waals surface area contributed by atoms with Gasteiger partial charge in [0.25, 0.3) is 0 Å². The predicted octanol–water partition coefficient (Wildman–Crippen LogP) is 3.58. The lowest BCUT2D eigenvalue weighted by Crippen LogP contribution is -2.28. The minimum atomic E-state index is -1.15. The summed E-state index contributed by atoms with van der Waals surface area (Å²) < 4.78 is 0. The molecule has 0 aliphatic carbocycles. The van der Waals surface area contributed by atoms with Crippen LogP contribution in [0.15, 0.2) is 30.3 Å². The summed E-state index contributed by atoms with van der Waals surface area (Å²) in [5, 5.41) is 3.90. The molecule has 0 unspecified atom stereocenters. The third-order valence-corrected chi connectivity index (χ3v) is 7.87. The predicted molar refractivity (Wildman–Crippen MR) is 80.4 cm³/mol. The van der Waals surface area contributed by atoms with Crippen LogP contribution in [0, 0.1) is 0 Å². The summed E-state index contributed by atoms with van der Waals surface area (Å²) in [5.41, 5.74) is 0.878. The van der Waals surface area contributed by atoms with E-state index < -0.39 is 8.07 Å². The van der Waals surface area contributed by atoms with E-state index in [4.69, 9.17) is 0 Å². The summed E-state index contributed by atoms with van der Waals surface area (Å²) in [6.45, 7) is 4.63. The molecule has 17 heavy (non-hydrogen) atoms. The standard InChI is InChI=1S/C13H21NOSSi/c1-17(2,11-16)10-6-9-13(15)14-12-7-4-3-5-8-12/h3-5,7-8,16H,6,9-11H2,1-2H3,(H,14,15). The van der Waals surface area contributed by atoms with Crippen molar-refractivity contribution in [1.29, 1.82) is 0 Å². The lowest BCUT2D eigenvalue weighted by Gasteiger charge is -2.18. The summed E-state index contributed by atoms with van der Waals surface area (Å²) in [6.07, 6.45) is 1.58. The third-order valence-electron chi connectivity index (χ3n) is 2.74. The van der Waals surface area contributed by atoms with Crippen molar-refractivity contribution in [2.45, 2.75) is 32.0 Å². The summed E-state index contributed by atoms with van der Waals surface area (Å²) in [4.78, 5) is 11.7. The van der Waals surface area contributed by atoms with Crippen LogP contribution in [0.2, 0.25) is 19.1 Å². The maximum Gasteiger partial charge on any atom is 0.224 e. The van der Waals surface area contributed by atoms with Crippen LogP contribution in [0.5, 0.6) is 0 Å². The SMILES string of the molecule is C[Si](C)(CS)CCCC(=O)Nc1ccccc1. The van der Waals surface area contributed by atoms with Crippen molar-refractivity contribution in [3.63, 3.8) is 0 Å². The number of para-hydroxylation sites is 1. The topological polar surface area (TPSA) is 29.1 Å². The summed E-state index contributed by atoms with van der Waals surface area (Å²) in [6, 6.07) is 10.8. The zero-order valence-electron chi connectivity index (χ0n) is 10.6. The average Bonchev–Trinajstić information content (AvgIpc) is 2.30. The number of thiol groups is 1. The largest absolute Gasteiger partial charge is 0.326 e. The number of hydrogen-bond acceptors (Lipinski definition) is 2. The minimum absolute atomic E-state index is 0.111. The molecule has 0 atom stereocenters. The maximum absolute atomic E-state index is 11.7. The Morgan fingerprint density at radius 2 is 1.94 bits per heavy atom. The number of nitrogens with one attached hydrogen (secondary N) is 1. The van der Waals surface area contributed by atoms with Crippen molar-refractivity contribution in [2.24, 2.45) is 0 Å². The van der Waals surface area contributed by atoms with Crippen LogP contribution in [0.3, 0.4) is 0 Å². The Balaban J connectivity index is 2.27. The maximum atomic E-state index is 11.7. The number of hydrogen-bond donors (Lipinski definition) is 2. The fourth-order valence-corrected chi connectivity index (χ4v) is 3.32. The molecule has 4 heteroatoms. The van der Waals surface area contributed by atoms with Crippen molar-refractivity contribution in [2.75, 3.05) is 10.7 Å². The van der Waals surface area contributed by atoms with Gasteiger partial charge in [0.2, 0.25) is 5.91 Å². The molecule has 1 aromatic carbocycles. The second kappa shape index (κ2) is 6.86. The van der Waals surface area contributed by atoms with Crippen LogP contribution < -0.4 is 5.32 Å². The Morgan fingerprint density at radius 1 is 1.29 bits per heavy atom. The molecule has 0 bridgehead atoms. The molecule has 1 rings (SSSR count). The van der Waals surface area contributed by atoms with E-state index in [1.807, 2.05) is 30.3 Å². The molecule has 0 heterocycles. The van der Waals surface area contributed by atoms with Gasteiger partial charge in [0.15, 0.2) is 0 Å². The van der Waals surface area contributed by atoms with Crippen LogP contribution in [-0.4, -0.2) is 19.4 Å².